The van der Waals surface area contributed by atoms with Crippen LogP contribution >= 0.6 is 11.8 Å². The van der Waals surface area contributed by atoms with Gasteiger partial charge in [-0.2, -0.15) is 11.8 Å². The zero-order valence-corrected chi connectivity index (χ0v) is 14.8. The largest absolute Gasteiger partial charge is 0.481 e. The molecule has 1 aliphatic carbocycles. The van der Waals surface area contributed by atoms with Gasteiger partial charge in [0.25, 0.3) is 0 Å². The molecule has 0 aromatic carbocycles. The molecule has 1 N–H and O–H groups in total. The third-order valence-corrected chi connectivity index (χ3v) is 7.30. The average Bonchev–Trinajstić information content (AvgIpc) is 2.38. The van der Waals surface area contributed by atoms with Gasteiger partial charge in [0.1, 0.15) is 0 Å². The van der Waals surface area contributed by atoms with Crippen LogP contribution in [0.5, 0.6) is 0 Å². The summed E-state index contributed by atoms with van der Waals surface area (Å²) in [6.45, 7) is 13.6. The van der Waals surface area contributed by atoms with Gasteiger partial charge in [0.2, 0.25) is 0 Å². The van der Waals surface area contributed by atoms with Crippen molar-refractivity contribution in [2.24, 2.45) is 23.2 Å². The molecule has 1 aliphatic rings. The molecule has 118 valence electrons. The molecule has 3 heteroatoms. The summed E-state index contributed by atoms with van der Waals surface area (Å²) >= 11 is 1.91. The number of carboxylic acids is 1. The van der Waals surface area contributed by atoms with E-state index in [9.17, 15) is 9.90 Å². The summed E-state index contributed by atoms with van der Waals surface area (Å²) in [7, 11) is 0. The zero-order chi connectivity index (χ0) is 15.5. The van der Waals surface area contributed by atoms with Crippen molar-refractivity contribution in [1.29, 1.82) is 0 Å². The summed E-state index contributed by atoms with van der Waals surface area (Å²) in [6.07, 6.45) is 4.17. The van der Waals surface area contributed by atoms with Crippen LogP contribution in [0, 0.1) is 23.2 Å². The Labute approximate surface area is 129 Å². The Morgan fingerprint density at radius 1 is 1.30 bits per heavy atom. The summed E-state index contributed by atoms with van der Waals surface area (Å²) in [5.74, 6) is 0.533. The van der Waals surface area contributed by atoms with Crippen LogP contribution in [0.2, 0.25) is 0 Å². The Kier molecular flexibility index (Phi) is 6.43. The predicted molar refractivity (Wildman–Crippen MR) is 88.2 cm³/mol. The van der Waals surface area contributed by atoms with Crippen molar-refractivity contribution in [3.8, 4) is 0 Å². The maximum Gasteiger partial charge on any atom is 0.307 e. The second kappa shape index (κ2) is 7.20. The van der Waals surface area contributed by atoms with E-state index in [1.807, 2.05) is 11.8 Å². The first-order valence-corrected chi connectivity index (χ1v) is 9.01. The topological polar surface area (TPSA) is 37.3 Å². The highest BCUT2D eigenvalue weighted by atomic mass is 32.2. The van der Waals surface area contributed by atoms with Crippen LogP contribution in [0.25, 0.3) is 0 Å². The lowest BCUT2D eigenvalue weighted by atomic mass is 9.67. The fourth-order valence-corrected chi connectivity index (χ4v) is 4.64. The monoisotopic (exact) mass is 300 g/mol. The highest BCUT2D eigenvalue weighted by Gasteiger charge is 2.40. The predicted octanol–water partition coefficient (Wildman–Crippen LogP) is 5.07. The van der Waals surface area contributed by atoms with E-state index < -0.39 is 5.97 Å². The summed E-state index contributed by atoms with van der Waals surface area (Å²) < 4.78 is 0. The van der Waals surface area contributed by atoms with Gasteiger partial charge < -0.3 is 5.11 Å². The van der Waals surface area contributed by atoms with Gasteiger partial charge in [0, 0.05) is 10.5 Å². The van der Waals surface area contributed by atoms with Crippen molar-refractivity contribution >= 4 is 17.7 Å². The first-order chi connectivity index (χ1) is 9.19. The molecule has 4 unspecified atom stereocenters. The minimum absolute atomic E-state index is 0.148. The van der Waals surface area contributed by atoms with Crippen LogP contribution in [0.1, 0.15) is 67.2 Å². The van der Waals surface area contributed by atoms with E-state index in [1.165, 1.54) is 6.42 Å². The lowest BCUT2D eigenvalue weighted by Gasteiger charge is -2.42. The number of aliphatic carboxylic acids is 1. The fraction of sp³-hybridized carbons (Fsp3) is 0.941. The zero-order valence-electron chi connectivity index (χ0n) is 14.0. The molecule has 2 nitrogen and oxygen atoms in total. The van der Waals surface area contributed by atoms with Crippen molar-refractivity contribution in [2.45, 2.75) is 77.7 Å². The van der Waals surface area contributed by atoms with Crippen molar-refractivity contribution in [3.05, 3.63) is 0 Å². The highest BCUT2D eigenvalue weighted by molar-refractivity contribution is 8.00. The van der Waals surface area contributed by atoms with E-state index in [4.69, 9.17) is 0 Å². The molecule has 1 rings (SSSR count). The van der Waals surface area contributed by atoms with Gasteiger partial charge >= 0.3 is 5.97 Å². The lowest BCUT2D eigenvalue weighted by Crippen LogP contribution is -2.38. The molecule has 0 aromatic rings. The molecule has 1 fully saturated rings. The minimum atomic E-state index is -0.591. The van der Waals surface area contributed by atoms with Crippen LogP contribution < -0.4 is 0 Å². The third-order valence-electron chi connectivity index (χ3n) is 5.45. The molecule has 0 aromatic heterocycles. The van der Waals surface area contributed by atoms with E-state index in [2.05, 4.69) is 41.5 Å². The van der Waals surface area contributed by atoms with Gasteiger partial charge in [-0.05, 0) is 36.5 Å². The summed E-state index contributed by atoms with van der Waals surface area (Å²) in [5, 5.41) is 10.3. The fourth-order valence-electron chi connectivity index (χ4n) is 2.99. The number of carbonyl (C=O) groups is 1. The van der Waals surface area contributed by atoms with Crippen LogP contribution in [0.3, 0.4) is 0 Å². The standard InChI is InChI=1S/C17H32O2S/c1-7-17(5,6)13-8-9-14(16(18)19)15(10-13)20-12(4)11(2)3/h11-15H,7-10H2,1-6H3,(H,18,19). The molecule has 0 amide bonds. The van der Waals surface area contributed by atoms with Crippen molar-refractivity contribution < 1.29 is 9.90 Å². The van der Waals surface area contributed by atoms with Crippen LogP contribution in [-0.4, -0.2) is 21.6 Å². The number of hydrogen-bond acceptors (Lipinski definition) is 2. The van der Waals surface area contributed by atoms with Gasteiger partial charge in [-0.15, -0.1) is 0 Å². The van der Waals surface area contributed by atoms with Gasteiger partial charge in [-0.1, -0.05) is 48.0 Å². The van der Waals surface area contributed by atoms with E-state index in [0.717, 1.165) is 19.3 Å². The molecule has 0 heterocycles. The van der Waals surface area contributed by atoms with Gasteiger partial charge in [-0.3, -0.25) is 4.79 Å². The van der Waals surface area contributed by atoms with E-state index in [-0.39, 0.29) is 11.2 Å². The Hall–Kier alpha value is -0.180. The van der Waals surface area contributed by atoms with Crippen LogP contribution in [-0.2, 0) is 4.79 Å². The molecule has 0 spiro atoms. The Balaban J connectivity index is 2.79. The molecule has 4 atom stereocenters. The van der Waals surface area contributed by atoms with Crippen molar-refractivity contribution in [3.63, 3.8) is 0 Å². The Morgan fingerprint density at radius 2 is 1.90 bits per heavy atom. The van der Waals surface area contributed by atoms with E-state index in [0.29, 0.717) is 22.5 Å². The number of rotatable bonds is 6. The van der Waals surface area contributed by atoms with Crippen LogP contribution in [0.15, 0.2) is 0 Å². The summed E-state index contributed by atoms with van der Waals surface area (Å²) in [5.41, 5.74) is 0.337. The lowest BCUT2D eigenvalue weighted by molar-refractivity contribution is -0.143. The van der Waals surface area contributed by atoms with Gasteiger partial charge in [-0.25, -0.2) is 0 Å². The minimum Gasteiger partial charge on any atom is -0.481 e. The van der Waals surface area contributed by atoms with Gasteiger partial charge in [0.05, 0.1) is 5.92 Å². The molecular weight excluding hydrogens is 268 g/mol. The number of carboxylic acid groups (broad SMARTS) is 1. The van der Waals surface area contributed by atoms with Crippen LogP contribution in [0.4, 0.5) is 0 Å². The van der Waals surface area contributed by atoms with Crippen molar-refractivity contribution in [2.75, 3.05) is 0 Å². The molecule has 0 saturated heterocycles. The molecular formula is C17H32O2S. The smallest absolute Gasteiger partial charge is 0.307 e. The van der Waals surface area contributed by atoms with E-state index >= 15 is 0 Å². The third kappa shape index (κ3) is 4.41. The quantitative estimate of drug-likeness (QED) is 0.744. The average molecular weight is 301 g/mol. The second-order valence-electron chi connectivity index (χ2n) is 7.42. The summed E-state index contributed by atoms with van der Waals surface area (Å²) in [6, 6.07) is 0. The second-order valence-corrected chi connectivity index (χ2v) is 9.04. The maximum atomic E-state index is 11.5. The molecule has 0 radical (unpaired) electrons. The first-order valence-electron chi connectivity index (χ1n) is 8.07. The molecule has 1 saturated carbocycles. The van der Waals surface area contributed by atoms with Gasteiger partial charge in [0.15, 0.2) is 0 Å². The maximum absolute atomic E-state index is 11.5. The normalized spacial score (nSPS) is 29.4. The Bertz CT molecular complexity index is 325. The molecule has 20 heavy (non-hydrogen) atoms. The Morgan fingerprint density at radius 3 is 2.35 bits per heavy atom. The highest BCUT2D eigenvalue weighted by Crippen LogP contribution is 2.47. The number of thioether (sulfide) groups is 1. The SMILES string of the molecule is CCC(C)(C)C1CCC(C(=O)O)C(SC(C)C(C)C)C1. The molecule has 0 aliphatic heterocycles. The molecule has 0 bridgehead atoms. The number of hydrogen-bond donors (Lipinski definition) is 1. The summed E-state index contributed by atoms with van der Waals surface area (Å²) in [4.78, 5) is 11.5. The first kappa shape index (κ1) is 17.9. The van der Waals surface area contributed by atoms with Crippen molar-refractivity contribution in [1.82, 2.24) is 0 Å². The van der Waals surface area contributed by atoms with E-state index in [1.54, 1.807) is 0 Å².